The molecule has 0 aromatic carbocycles. The number of likely N-dealkylation sites (N-methyl/N-ethyl adjacent to an activating group) is 1. The van der Waals surface area contributed by atoms with Gasteiger partial charge in [-0.05, 0) is 20.0 Å². The lowest BCUT2D eigenvalue weighted by Gasteiger charge is -2.31. The monoisotopic (exact) mass is 337 g/mol. The molecule has 0 saturated carbocycles. The summed E-state index contributed by atoms with van der Waals surface area (Å²) in [5.74, 6) is -2.26. The van der Waals surface area contributed by atoms with Gasteiger partial charge in [0.05, 0.1) is 0 Å². The standard InChI is InChI=1S/C16H27N5O3/c1-5-10-21-15(23)13(14(22)18-16(21)24)12(6-2)19-17-9-11-20(7-3)8-4/h5-6,13,17,19H,1,7-11H2,2-4H3,(H,18,22,24)/b12-6+/t13-/m0/s1. The second kappa shape index (κ2) is 9.84. The Labute approximate surface area is 142 Å². The van der Waals surface area contributed by atoms with E-state index in [1.807, 2.05) is 0 Å². The Morgan fingerprint density at radius 2 is 2.00 bits per heavy atom. The van der Waals surface area contributed by atoms with Gasteiger partial charge in [-0.1, -0.05) is 26.0 Å². The van der Waals surface area contributed by atoms with Crippen LogP contribution in [0.4, 0.5) is 4.79 Å². The van der Waals surface area contributed by atoms with E-state index in [4.69, 9.17) is 0 Å². The molecule has 1 heterocycles. The second-order valence-electron chi connectivity index (χ2n) is 5.29. The summed E-state index contributed by atoms with van der Waals surface area (Å²) in [6.07, 6.45) is 3.09. The SMILES string of the molecule is C=CCN1C(=O)NC(=O)[C@H](/C(=C\C)NNCCN(CC)CC)C1=O. The summed E-state index contributed by atoms with van der Waals surface area (Å²) in [4.78, 5) is 39.5. The van der Waals surface area contributed by atoms with E-state index in [0.29, 0.717) is 12.2 Å². The summed E-state index contributed by atoms with van der Waals surface area (Å²) >= 11 is 0. The molecular formula is C16H27N5O3. The van der Waals surface area contributed by atoms with Crippen molar-refractivity contribution < 1.29 is 14.4 Å². The largest absolute Gasteiger partial charge is 0.331 e. The Bertz CT molecular complexity index is 514. The van der Waals surface area contributed by atoms with Crippen LogP contribution in [0, 0.1) is 5.92 Å². The topological polar surface area (TPSA) is 93.8 Å². The van der Waals surface area contributed by atoms with Crippen molar-refractivity contribution in [1.29, 1.82) is 0 Å². The number of carbonyl (C=O) groups excluding carboxylic acids is 3. The fourth-order valence-electron chi connectivity index (χ4n) is 2.42. The average Bonchev–Trinajstić information content (AvgIpc) is 2.56. The second-order valence-corrected chi connectivity index (χ2v) is 5.29. The Morgan fingerprint density at radius 1 is 1.33 bits per heavy atom. The number of hydrogen-bond acceptors (Lipinski definition) is 6. The van der Waals surface area contributed by atoms with Gasteiger partial charge in [-0.3, -0.25) is 19.8 Å². The van der Waals surface area contributed by atoms with Crippen LogP contribution in [0.1, 0.15) is 20.8 Å². The van der Waals surface area contributed by atoms with Crippen LogP contribution in [0.2, 0.25) is 0 Å². The van der Waals surface area contributed by atoms with E-state index in [1.54, 1.807) is 13.0 Å². The van der Waals surface area contributed by atoms with Crippen molar-refractivity contribution in [3.63, 3.8) is 0 Å². The molecule has 0 aliphatic carbocycles. The van der Waals surface area contributed by atoms with E-state index in [2.05, 4.69) is 41.5 Å². The van der Waals surface area contributed by atoms with E-state index >= 15 is 0 Å². The zero-order valence-electron chi connectivity index (χ0n) is 14.6. The van der Waals surface area contributed by atoms with Crippen LogP contribution in [-0.4, -0.2) is 60.4 Å². The zero-order valence-corrected chi connectivity index (χ0v) is 14.6. The van der Waals surface area contributed by atoms with Gasteiger partial charge < -0.3 is 10.3 Å². The normalized spacial score (nSPS) is 18.8. The number of allylic oxidation sites excluding steroid dienone is 1. The van der Waals surface area contributed by atoms with Crippen molar-refractivity contribution in [1.82, 2.24) is 26.0 Å². The van der Waals surface area contributed by atoms with Crippen LogP contribution in [0.15, 0.2) is 24.4 Å². The lowest BCUT2D eigenvalue weighted by atomic mass is 10.0. The number of carbonyl (C=O) groups is 3. The minimum absolute atomic E-state index is 0.0564. The molecule has 8 heteroatoms. The molecule has 1 atom stereocenters. The molecule has 1 aliphatic heterocycles. The van der Waals surface area contributed by atoms with Crippen LogP contribution in [0.25, 0.3) is 0 Å². The van der Waals surface area contributed by atoms with Crippen molar-refractivity contribution in [2.45, 2.75) is 20.8 Å². The molecule has 1 fully saturated rings. The number of nitrogens with zero attached hydrogens (tertiary/aromatic N) is 2. The van der Waals surface area contributed by atoms with Gasteiger partial charge in [-0.25, -0.2) is 10.2 Å². The van der Waals surface area contributed by atoms with Crippen molar-refractivity contribution in [2.24, 2.45) is 5.92 Å². The molecule has 1 rings (SSSR count). The summed E-state index contributed by atoms with van der Waals surface area (Å²) in [6, 6.07) is -0.717. The molecule has 1 aliphatic rings. The summed E-state index contributed by atoms with van der Waals surface area (Å²) in [5, 5.41) is 2.20. The van der Waals surface area contributed by atoms with Crippen LogP contribution < -0.4 is 16.2 Å². The van der Waals surface area contributed by atoms with E-state index < -0.39 is 23.8 Å². The van der Waals surface area contributed by atoms with Gasteiger partial charge in [-0.2, -0.15) is 0 Å². The maximum Gasteiger partial charge on any atom is 0.331 e. The molecular weight excluding hydrogens is 310 g/mol. The number of hydrogen-bond donors (Lipinski definition) is 3. The quantitative estimate of drug-likeness (QED) is 0.228. The van der Waals surface area contributed by atoms with Gasteiger partial charge in [-0.15, -0.1) is 6.58 Å². The lowest BCUT2D eigenvalue weighted by molar-refractivity contribution is -0.140. The first-order valence-corrected chi connectivity index (χ1v) is 8.14. The number of imide groups is 2. The van der Waals surface area contributed by atoms with E-state index in [0.717, 1.165) is 24.5 Å². The highest BCUT2D eigenvalue weighted by Gasteiger charge is 2.41. The van der Waals surface area contributed by atoms with Gasteiger partial charge in [0.2, 0.25) is 11.8 Å². The van der Waals surface area contributed by atoms with E-state index in [1.165, 1.54) is 6.08 Å². The Hall–Kier alpha value is -2.19. The lowest BCUT2D eigenvalue weighted by Crippen LogP contribution is -2.59. The first kappa shape index (κ1) is 19.9. The molecule has 0 radical (unpaired) electrons. The van der Waals surface area contributed by atoms with E-state index in [-0.39, 0.29) is 6.54 Å². The molecule has 8 nitrogen and oxygen atoms in total. The van der Waals surface area contributed by atoms with Gasteiger partial charge >= 0.3 is 6.03 Å². The third-order valence-electron chi connectivity index (χ3n) is 3.86. The minimum Gasteiger partial charge on any atom is -0.325 e. The van der Waals surface area contributed by atoms with Crippen molar-refractivity contribution in [3.05, 3.63) is 24.4 Å². The predicted octanol–water partition coefficient (Wildman–Crippen LogP) is 0.207. The summed E-state index contributed by atoms with van der Waals surface area (Å²) in [5.41, 5.74) is 6.35. The molecule has 0 unspecified atom stereocenters. The Morgan fingerprint density at radius 3 is 2.54 bits per heavy atom. The molecule has 0 aromatic heterocycles. The zero-order chi connectivity index (χ0) is 18.1. The number of amides is 4. The molecule has 134 valence electrons. The minimum atomic E-state index is -1.08. The third-order valence-corrected chi connectivity index (χ3v) is 3.86. The van der Waals surface area contributed by atoms with Gasteiger partial charge in [0, 0.05) is 25.3 Å². The van der Waals surface area contributed by atoms with Gasteiger partial charge in [0.1, 0.15) is 0 Å². The van der Waals surface area contributed by atoms with Crippen molar-refractivity contribution >= 4 is 17.8 Å². The maximum atomic E-state index is 12.4. The molecule has 24 heavy (non-hydrogen) atoms. The molecule has 0 bridgehead atoms. The Balaban J connectivity index is 2.69. The highest BCUT2D eigenvalue weighted by atomic mass is 16.2. The number of urea groups is 1. The summed E-state index contributed by atoms with van der Waals surface area (Å²) in [7, 11) is 0. The number of nitrogens with one attached hydrogen (secondary N) is 3. The third kappa shape index (κ3) is 4.90. The highest BCUT2D eigenvalue weighted by Crippen LogP contribution is 2.17. The van der Waals surface area contributed by atoms with Crippen LogP contribution in [0.3, 0.4) is 0 Å². The van der Waals surface area contributed by atoms with Crippen LogP contribution in [-0.2, 0) is 9.59 Å². The average molecular weight is 337 g/mol. The molecule has 1 saturated heterocycles. The smallest absolute Gasteiger partial charge is 0.325 e. The number of rotatable bonds is 10. The molecule has 0 spiro atoms. The van der Waals surface area contributed by atoms with Crippen LogP contribution >= 0.6 is 0 Å². The van der Waals surface area contributed by atoms with Crippen molar-refractivity contribution in [3.8, 4) is 0 Å². The fraction of sp³-hybridized carbons (Fsp3) is 0.562. The highest BCUT2D eigenvalue weighted by molar-refractivity contribution is 6.17. The van der Waals surface area contributed by atoms with Crippen LogP contribution in [0.5, 0.6) is 0 Å². The van der Waals surface area contributed by atoms with Gasteiger partial charge in [0.15, 0.2) is 5.92 Å². The maximum absolute atomic E-state index is 12.4. The van der Waals surface area contributed by atoms with Crippen molar-refractivity contribution in [2.75, 3.05) is 32.7 Å². The van der Waals surface area contributed by atoms with Gasteiger partial charge in [0.25, 0.3) is 0 Å². The number of barbiturate groups is 1. The first-order chi connectivity index (χ1) is 11.5. The molecule has 3 N–H and O–H groups in total. The Kier molecular flexibility index (Phi) is 8.14. The predicted molar refractivity (Wildman–Crippen MR) is 91.6 cm³/mol. The van der Waals surface area contributed by atoms with E-state index in [9.17, 15) is 14.4 Å². The summed E-state index contributed by atoms with van der Waals surface area (Å²) in [6.45, 7) is 12.9. The summed E-state index contributed by atoms with van der Waals surface area (Å²) < 4.78 is 0. The number of hydrazine groups is 1. The molecule has 0 aromatic rings. The molecule has 4 amide bonds. The fourth-order valence-corrected chi connectivity index (χ4v) is 2.42. The first-order valence-electron chi connectivity index (χ1n) is 8.14.